The number of hydrogen-bond donors (Lipinski definition) is 0. The number of benzene rings is 10. The smallest absolute Gasteiger partial charge is 0.164 e. The van der Waals surface area contributed by atoms with E-state index in [1.165, 1.54) is 86.6 Å². The number of hydrogen-bond acceptors (Lipinski definition) is 4. The molecule has 2 aliphatic rings. The molecule has 0 unspecified atom stereocenters. The van der Waals surface area contributed by atoms with Crippen molar-refractivity contribution in [3.05, 3.63) is 247 Å². The van der Waals surface area contributed by atoms with Crippen LogP contribution in [0.5, 0.6) is 0 Å². The van der Waals surface area contributed by atoms with Gasteiger partial charge in [-0.15, -0.1) is 11.3 Å². The Kier molecular flexibility index (Phi) is 8.07. The van der Waals surface area contributed by atoms with E-state index in [0.717, 1.165) is 27.8 Å². The van der Waals surface area contributed by atoms with E-state index >= 15 is 0 Å². The molecule has 12 aromatic rings. The molecule has 2 aromatic heterocycles. The number of rotatable bonds is 5. The van der Waals surface area contributed by atoms with Crippen molar-refractivity contribution in [1.82, 2.24) is 15.0 Å². The maximum absolute atomic E-state index is 5.34. The van der Waals surface area contributed by atoms with Gasteiger partial charge in [0.2, 0.25) is 0 Å². The third-order valence-electron chi connectivity index (χ3n) is 14.0. The molecular formula is C62H37N3S. The van der Waals surface area contributed by atoms with Gasteiger partial charge in [-0.05, 0) is 89.7 Å². The summed E-state index contributed by atoms with van der Waals surface area (Å²) in [6.07, 6.45) is 0. The van der Waals surface area contributed by atoms with E-state index in [1.54, 1.807) is 0 Å². The highest BCUT2D eigenvalue weighted by molar-refractivity contribution is 7.26. The van der Waals surface area contributed by atoms with E-state index in [0.29, 0.717) is 17.5 Å². The lowest BCUT2D eigenvalue weighted by molar-refractivity contribution is 0.794. The molecule has 0 amide bonds. The number of aromatic nitrogens is 3. The largest absolute Gasteiger partial charge is 0.208 e. The molecule has 2 heterocycles. The monoisotopic (exact) mass is 855 g/mol. The van der Waals surface area contributed by atoms with Crippen molar-refractivity contribution in [2.45, 2.75) is 5.41 Å². The molecule has 306 valence electrons. The van der Waals surface area contributed by atoms with Crippen molar-refractivity contribution in [2.75, 3.05) is 0 Å². The maximum Gasteiger partial charge on any atom is 0.164 e. The van der Waals surface area contributed by atoms with Gasteiger partial charge in [-0.2, -0.15) is 0 Å². The summed E-state index contributed by atoms with van der Waals surface area (Å²) in [6.45, 7) is 0. The molecule has 4 heteroatoms. The normalized spacial score (nSPS) is 13.0. The lowest BCUT2D eigenvalue weighted by atomic mass is 9.70. The molecule has 0 fully saturated rings. The Hall–Kier alpha value is -8.31. The summed E-state index contributed by atoms with van der Waals surface area (Å²) in [5.41, 5.74) is 17.3. The Morgan fingerprint density at radius 3 is 1.36 bits per heavy atom. The molecule has 0 N–H and O–H groups in total. The van der Waals surface area contributed by atoms with Crippen LogP contribution in [0.4, 0.5) is 0 Å². The van der Waals surface area contributed by atoms with Crippen LogP contribution in [0, 0.1) is 0 Å². The number of thiophene rings is 1. The Bertz CT molecular complexity index is 3870. The highest BCUT2D eigenvalue weighted by atomic mass is 32.1. The average Bonchev–Trinajstić information content (AvgIpc) is 4.03. The second kappa shape index (κ2) is 14.3. The third kappa shape index (κ3) is 5.40. The zero-order chi connectivity index (χ0) is 43.3. The summed E-state index contributed by atoms with van der Waals surface area (Å²) in [5, 5.41) is 5.04. The van der Waals surface area contributed by atoms with Crippen LogP contribution in [-0.4, -0.2) is 15.0 Å². The van der Waals surface area contributed by atoms with Crippen molar-refractivity contribution in [2.24, 2.45) is 0 Å². The van der Waals surface area contributed by atoms with Crippen LogP contribution < -0.4 is 0 Å². The van der Waals surface area contributed by atoms with Crippen molar-refractivity contribution in [3.8, 4) is 78.7 Å². The van der Waals surface area contributed by atoms with Gasteiger partial charge in [0, 0.05) is 36.9 Å². The molecule has 10 aromatic carbocycles. The van der Waals surface area contributed by atoms with Crippen molar-refractivity contribution < 1.29 is 0 Å². The molecule has 0 atom stereocenters. The summed E-state index contributed by atoms with van der Waals surface area (Å²) in [6, 6.07) is 81.4. The summed E-state index contributed by atoms with van der Waals surface area (Å²) < 4.78 is 2.60. The highest BCUT2D eigenvalue weighted by Gasteiger charge is 2.51. The zero-order valence-corrected chi connectivity index (χ0v) is 36.4. The van der Waals surface area contributed by atoms with E-state index in [9.17, 15) is 0 Å². The zero-order valence-electron chi connectivity index (χ0n) is 35.6. The van der Waals surface area contributed by atoms with E-state index in [2.05, 4.69) is 224 Å². The SMILES string of the molecule is c1ccc2c(c1)-c1ccccc1C21c2ccccc2-c2ccc(-c3nc(-c4ccc(-c5cccc6ccccc56)cc4)nc(-c4ccc(-c5cccc6c5sc5ccccc56)cc4)n3)cc21. The molecule has 0 aliphatic heterocycles. The van der Waals surface area contributed by atoms with Crippen LogP contribution in [-0.2, 0) is 5.41 Å². The van der Waals surface area contributed by atoms with Gasteiger partial charge in [-0.25, -0.2) is 15.0 Å². The third-order valence-corrected chi connectivity index (χ3v) is 15.2. The Balaban J connectivity index is 0.935. The molecule has 2 aliphatic carbocycles. The number of nitrogens with zero attached hydrogens (tertiary/aromatic N) is 3. The first-order valence-corrected chi connectivity index (χ1v) is 23.3. The molecule has 0 saturated carbocycles. The van der Waals surface area contributed by atoms with Gasteiger partial charge >= 0.3 is 0 Å². The van der Waals surface area contributed by atoms with Gasteiger partial charge in [-0.3, -0.25) is 0 Å². The molecule has 3 nitrogen and oxygen atoms in total. The molecule has 1 spiro atoms. The van der Waals surface area contributed by atoms with E-state index in [-0.39, 0.29) is 0 Å². The van der Waals surface area contributed by atoms with E-state index in [1.807, 2.05) is 11.3 Å². The second-order valence-corrected chi connectivity index (χ2v) is 18.5. The van der Waals surface area contributed by atoms with Crippen LogP contribution in [0.25, 0.3) is 110 Å². The van der Waals surface area contributed by atoms with Crippen molar-refractivity contribution in [3.63, 3.8) is 0 Å². The molecule has 14 rings (SSSR count). The highest BCUT2D eigenvalue weighted by Crippen LogP contribution is 2.63. The van der Waals surface area contributed by atoms with Gasteiger partial charge in [0.15, 0.2) is 17.5 Å². The van der Waals surface area contributed by atoms with Crippen LogP contribution in [0.3, 0.4) is 0 Å². The van der Waals surface area contributed by atoms with E-state index in [4.69, 9.17) is 15.0 Å². The second-order valence-electron chi connectivity index (χ2n) is 17.4. The van der Waals surface area contributed by atoms with Crippen molar-refractivity contribution >= 4 is 42.3 Å². The average molecular weight is 856 g/mol. The first-order valence-electron chi connectivity index (χ1n) is 22.5. The van der Waals surface area contributed by atoms with Gasteiger partial charge in [0.1, 0.15) is 0 Å². The quantitative estimate of drug-likeness (QED) is 0.173. The van der Waals surface area contributed by atoms with Gasteiger partial charge in [-0.1, -0.05) is 212 Å². The van der Waals surface area contributed by atoms with E-state index < -0.39 is 5.41 Å². The fourth-order valence-electron chi connectivity index (χ4n) is 11.0. The van der Waals surface area contributed by atoms with Crippen LogP contribution >= 0.6 is 11.3 Å². The van der Waals surface area contributed by atoms with Crippen LogP contribution in [0.1, 0.15) is 22.3 Å². The lowest BCUT2D eigenvalue weighted by Crippen LogP contribution is -2.25. The molecule has 66 heavy (non-hydrogen) atoms. The van der Waals surface area contributed by atoms with Crippen molar-refractivity contribution in [1.29, 1.82) is 0 Å². The topological polar surface area (TPSA) is 38.7 Å². The van der Waals surface area contributed by atoms with Gasteiger partial charge in [0.25, 0.3) is 0 Å². The first-order chi connectivity index (χ1) is 32.7. The summed E-state index contributed by atoms with van der Waals surface area (Å²) in [7, 11) is 0. The van der Waals surface area contributed by atoms with Gasteiger partial charge < -0.3 is 0 Å². The summed E-state index contributed by atoms with van der Waals surface area (Å²) >= 11 is 1.85. The predicted molar refractivity (Wildman–Crippen MR) is 274 cm³/mol. The summed E-state index contributed by atoms with van der Waals surface area (Å²) in [5.74, 6) is 1.91. The lowest BCUT2D eigenvalue weighted by Gasteiger charge is -2.30. The first kappa shape index (κ1) is 37.1. The Morgan fingerprint density at radius 1 is 0.288 bits per heavy atom. The standard InChI is InChI=1S/C62H37N3S/c1-2-15-44-38(13-1)14-11-20-45(44)39-27-31-41(32-28-39)59-63-60(42-33-29-40(30-34-42)46-21-12-22-52-51-19-6-10-26-57(51)66-58(46)52)65-61(64-59)43-35-36-50-49-18-5-9-25-55(49)62(56(50)37-43)53-23-7-3-16-47(53)48-17-4-8-24-54(48)62/h1-37H. The van der Waals surface area contributed by atoms with Gasteiger partial charge in [0.05, 0.1) is 5.41 Å². The van der Waals surface area contributed by atoms with Crippen LogP contribution in [0.15, 0.2) is 224 Å². The molecule has 0 radical (unpaired) electrons. The predicted octanol–water partition coefficient (Wildman–Crippen LogP) is 16.1. The maximum atomic E-state index is 5.34. The summed E-state index contributed by atoms with van der Waals surface area (Å²) in [4.78, 5) is 15.9. The minimum Gasteiger partial charge on any atom is -0.208 e. The minimum atomic E-state index is -0.474. The Morgan fingerprint density at radius 2 is 0.712 bits per heavy atom. The molecular weight excluding hydrogens is 819 g/mol. The fraction of sp³-hybridized carbons (Fsp3) is 0.0161. The number of fused-ring (bicyclic) bond motifs is 14. The Labute approximate surface area is 386 Å². The molecule has 0 bridgehead atoms. The fourth-order valence-corrected chi connectivity index (χ4v) is 12.3. The molecule has 0 saturated heterocycles. The van der Waals surface area contributed by atoms with Crippen LogP contribution in [0.2, 0.25) is 0 Å². The minimum absolute atomic E-state index is 0.474.